The van der Waals surface area contributed by atoms with E-state index >= 15 is 0 Å². The molecular weight excluding hydrogens is 574 g/mol. The minimum atomic E-state index is -0.384. The molecule has 0 spiro atoms. The first kappa shape index (κ1) is 29.2. The Morgan fingerprint density at radius 2 is 1.79 bits per heavy atom. The summed E-state index contributed by atoms with van der Waals surface area (Å²) < 4.78 is 11.9. The Labute approximate surface area is 254 Å². The van der Waals surface area contributed by atoms with E-state index in [1.807, 2.05) is 48.2 Å². The maximum absolute atomic E-state index is 12.1. The van der Waals surface area contributed by atoms with E-state index < -0.39 is 0 Å². The van der Waals surface area contributed by atoms with Crippen molar-refractivity contribution in [3.63, 3.8) is 0 Å². The number of carbonyl (C=O) groups is 2. The van der Waals surface area contributed by atoms with Gasteiger partial charge in [0, 0.05) is 36.1 Å². The van der Waals surface area contributed by atoms with Gasteiger partial charge < -0.3 is 29.6 Å². The van der Waals surface area contributed by atoms with Crippen LogP contribution in [0.2, 0.25) is 5.02 Å². The van der Waals surface area contributed by atoms with Gasteiger partial charge in [-0.25, -0.2) is 4.79 Å². The number of pyridine rings is 1. The summed E-state index contributed by atoms with van der Waals surface area (Å²) in [5, 5.41) is 7.14. The van der Waals surface area contributed by atoms with Crippen LogP contribution in [0.4, 0.5) is 11.4 Å². The second-order valence-corrected chi connectivity index (χ2v) is 10.6. The van der Waals surface area contributed by atoms with E-state index in [0.29, 0.717) is 21.4 Å². The number of carbonyl (C=O) groups excluding carboxylic acids is 2. The number of aryl methyl sites for hydroxylation is 1. The van der Waals surface area contributed by atoms with Crippen LogP contribution in [-0.2, 0) is 14.3 Å². The number of rotatable bonds is 8. The van der Waals surface area contributed by atoms with Crippen molar-refractivity contribution in [1.82, 2.24) is 14.9 Å². The molecule has 11 heteroatoms. The summed E-state index contributed by atoms with van der Waals surface area (Å²) in [6.45, 7) is 4.03. The Kier molecular flexibility index (Phi) is 8.58. The van der Waals surface area contributed by atoms with Crippen LogP contribution in [0.5, 0.6) is 0 Å². The van der Waals surface area contributed by atoms with Crippen LogP contribution in [0.3, 0.4) is 0 Å². The molecule has 1 fully saturated rings. The molecule has 4 aromatic rings. The highest BCUT2D eigenvalue weighted by Gasteiger charge is 2.42. The molecule has 2 N–H and O–H groups in total. The van der Waals surface area contributed by atoms with E-state index in [0.717, 1.165) is 34.0 Å². The number of nitrogens with one attached hydrogen (secondary N) is 2. The molecule has 5 rings (SSSR count). The van der Waals surface area contributed by atoms with Gasteiger partial charge in [0.05, 0.1) is 41.2 Å². The summed E-state index contributed by atoms with van der Waals surface area (Å²) in [5.74, 6) is -0.684. The Morgan fingerprint density at radius 3 is 2.43 bits per heavy atom. The molecule has 0 unspecified atom stereocenters. The van der Waals surface area contributed by atoms with Crippen molar-refractivity contribution in [2.45, 2.75) is 25.9 Å². The first-order chi connectivity index (χ1) is 20.2. The molecular formula is C31H30ClN5O4S. The zero-order valence-corrected chi connectivity index (χ0v) is 25.1. The first-order valence-electron chi connectivity index (χ1n) is 13.2. The minimum Gasteiger partial charge on any atom is -0.465 e. The van der Waals surface area contributed by atoms with Crippen molar-refractivity contribution in [1.29, 1.82) is 0 Å². The highest BCUT2D eigenvalue weighted by atomic mass is 35.5. The smallest absolute Gasteiger partial charge is 0.337 e. The van der Waals surface area contributed by atoms with Crippen molar-refractivity contribution in [2.75, 3.05) is 31.0 Å². The lowest BCUT2D eigenvalue weighted by Crippen LogP contribution is -2.29. The number of amides is 1. The molecule has 1 saturated heterocycles. The number of aromatic nitrogens is 2. The van der Waals surface area contributed by atoms with Crippen LogP contribution in [0, 0.1) is 13.8 Å². The molecule has 0 radical (unpaired) electrons. The van der Waals surface area contributed by atoms with Crippen molar-refractivity contribution in [3.8, 4) is 5.69 Å². The molecule has 0 bridgehead atoms. The molecule has 42 heavy (non-hydrogen) atoms. The number of thiocarbonyl (C=S) groups is 1. The van der Waals surface area contributed by atoms with E-state index in [1.54, 1.807) is 30.5 Å². The first-order valence-corrected chi connectivity index (χ1v) is 14.0. The standard InChI is InChI=1S/C31H30ClN5O4S/c1-18-15-23(19(2)36(18)21-10-8-20(9-11-21)30(39)41-4)29-28(26-7-5-6-14-33-26)35-31(42)37(29)22-12-13-25(24(32)16-22)34-27(38)17-40-3/h5-16,28-29H,17H2,1-4H3,(H,34,38)(H,35,42)/t28-,29-/m1/s1. The number of nitrogens with zero attached hydrogens (tertiary/aromatic N) is 3. The largest absolute Gasteiger partial charge is 0.465 e. The predicted octanol–water partition coefficient (Wildman–Crippen LogP) is 5.69. The zero-order chi connectivity index (χ0) is 30.0. The number of benzene rings is 2. The van der Waals surface area contributed by atoms with Gasteiger partial charge in [0.25, 0.3) is 0 Å². The van der Waals surface area contributed by atoms with Crippen LogP contribution in [-0.4, -0.2) is 47.4 Å². The molecule has 1 aliphatic rings. The van der Waals surface area contributed by atoms with Gasteiger partial charge in [0.2, 0.25) is 5.91 Å². The van der Waals surface area contributed by atoms with Crippen molar-refractivity contribution >= 4 is 52.2 Å². The van der Waals surface area contributed by atoms with Gasteiger partial charge in [-0.05, 0) is 92.3 Å². The maximum Gasteiger partial charge on any atom is 0.337 e. The molecule has 0 saturated carbocycles. The molecule has 1 aliphatic heterocycles. The van der Waals surface area contributed by atoms with Gasteiger partial charge in [-0.15, -0.1) is 0 Å². The Hall–Kier alpha value is -4.25. The lowest BCUT2D eigenvalue weighted by molar-refractivity contribution is -0.119. The average molecular weight is 604 g/mol. The maximum atomic E-state index is 12.1. The lowest BCUT2D eigenvalue weighted by atomic mass is 9.96. The van der Waals surface area contributed by atoms with Crippen molar-refractivity contribution < 1.29 is 19.1 Å². The lowest BCUT2D eigenvalue weighted by Gasteiger charge is -2.28. The van der Waals surface area contributed by atoms with Crippen LogP contribution >= 0.6 is 23.8 Å². The van der Waals surface area contributed by atoms with Gasteiger partial charge in [-0.3, -0.25) is 9.78 Å². The highest BCUT2D eigenvalue weighted by molar-refractivity contribution is 7.80. The molecule has 2 atom stereocenters. The summed E-state index contributed by atoms with van der Waals surface area (Å²) in [4.78, 5) is 30.7. The third-order valence-corrected chi connectivity index (χ3v) is 7.84. The summed E-state index contributed by atoms with van der Waals surface area (Å²) in [6.07, 6.45) is 1.76. The summed E-state index contributed by atoms with van der Waals surface area (Å²) in [6, 6.07) is 20.2. The Bertz CT molecular complexity index is 1640. The SMILES string of the molecule is COCC(=O)Nc1ccc(N2C(=S)N[C@H](c3ccccn3)[C@H]2c2cc(C)n(-c3ccc(C(=O)OC)cc3)c2C)cc1Cl. The summed E-state index contributed by atoms with van der Waals surface area (Å²) in [5.41, 5.74) is 6.54. The van der Waals surface area contributed by atoms with E-state index in [9.17, 15) is 9.59 Å². The fourth-order valence-electron chi connectivity index (χ4n) is 5.37. The van der Waals surface area contributed by atoms with Gasteiger partial charge in [-0.2, -0.15) is 0 Å². The average Bonchev–Trinajstić information content (AvgIpc) is 3.49. The second kappa shape index (κ2) is 12.3. The molecule has 2 aromatic carbocycles. The third-order valence-electron chi connectivity index (χ3n) is 7.21. The van der Waals surface area contributed by atoms with Crippen LogP contribution in [0.1, 0.15) is 45.1 Å². The number of esters is 1. The fourth-order valence-corrected chi connectivity index (χ4v) is 5.94. The monoisotopic (exact) mass is 603 g/mol. The molecule has 0 aliphatic carbocycles. The summed E-state index contributed by atoms with van der Waals surface area (Å²) >= 11 is 12.5. The predicted molar refractivity (Wildman–Crippen MR) is 166 cm³/mol. The summed E-state index contributed by atoms with van der Waals surface area (Å²) in [7, 11) is 2.82. The van der Waals surface area contributed by atoms with E-state index in [4.69, 9.17) is 33.3 Å². The highest BCUT2D eigenvalue weighted by Crippen LogP contribution is 2.44. The third kappa shape index (κ3) is 5.61. The normalized spacial score (nSPS) is 16.3. The Balaban J connectivity index is 1.58. The van der Waals surface area contributed by atoms with Crippen LogP contribution in [0.15, 0.2) is 72.9 Å². The quantitative estimate of drug-likeness (QED) is 0.196. The minimum absolute atomic E-state index is 0.0763. The van der Waals surface area contributed by atoms with E-state index in [1.165, 1.54) is 14.2 Å². The van der Waals surface area contributed by atoms with Gasteiger partial charge in [0.1, 0.15) is 6.61 Å². The topological polar surface area (TPSA) is 97.7 Å². The number of hydrogen-bond donors (Lipinski definition) is 2. The second-order valence-electron chi connectivity index (χ2n) is 9.84. The number of anilines is 2. The molecule has 216 valence electrons. The van der Waals surface area contributed by atoms with Gasteiger partial charge >= 0.3 is 5.97 Å². The van der Waals surface area contributed by atoms with Crippen molar-refractivity contribution in [2.24, 2.45) is 0 Å². The molecule has 1 amide bonds. The van der Waals surface area contributed by atoms with Crippen molar-refractivity contribution in [3.05, 3.63) is 106 Å². The van der Waals surface area contributed by atoms with Crippen LogP contribution in [0.25, 0.3) is 5.69 Å². The molecule has 3 heterocycles. The fraction of sp³-hybridized carbons (Fsp3) is 0.226. The van der Waals surface area contributed by atoms with Gasteiger partial charge in [-0.1, -0.05) is 17.7 Å². The number of halogens is 1. The van der Waals surface area contributed by atoms with Crippen LogP contribution < -0.4 is 15.5 Å². The molecule has 9 nitrogen and oxygen atoms in total. The van der Waals surface area contributed by atoms with Gasteiger partial charge in [0.15, 0.2) is 5.11 Å². The van der Waals surface area contributed by atoms with E-state index in [-0.39, 0.29) is 30.6 Å². The zero-order valence-electron chi connectivity index (χ0n) is 23.6. The number of methoxy groups -OCH3 is 2. The number of ether oxygens (including phenoxy) is 2. The molecule has 2 aromatic heterocycles. The van der Waals surface area contributed by atoms with E-state index in [2.05, 4.69) is 33.2 Å². The number of hydrogen-bond acceptors (Lipinski definition) is 6. The Morgan fingerprint density at radius 1 is 1.05 bits per heavy atom.